The Balaban J connectivity index is 1.90. The van der Waals surface area contributed by atoms with E-state index in [4.69, 9.17) is 9.26 Å². The number of carbonyl (C=O) groups is 2. The van der Waals surface area contributed by atoms with Gasteiger partial charge in [-0.25, -0.2) is 0 Å². The molecule has 1 aromatic heterocycles. The van der Waals surface area contributed by atoms with Crippen molar-refractivity contribution >= 4 is 17.6 Å². The fourth-order valence-corrected chi connectivity index (χ4v) is 2.06. The van der Waals surface area contributed by atoms with Crippen molar-refractivity contribution in [2.75, 3.05) is 26.0 Å². The van der Waals surface area contributed by atoms with Gasteiger partial charge in [-0.3, -0.25) is 9.59 Å². The standard InChI is InChI=1S/C16H19N3O4/c1-11-8-14(18-23-11)17-15(20)10-19(2)16(21)9-12-6-4-5-7-13(12)22-3/h4-8H,9-10H2,1-3H3,(H,17,18,20). The molecule has 0 saturated carbocycles. The summed E-state index contributed by atoms with van der Waals surface area (Å²) in [5.41, 5.74) is 0.777. The SMILES string of the molecule is COc1ccccc1CC(=O)N(C)CC(=O)Nc1cc(C)on1. The number of benzene rings is 1. The minimum absolute atomic E-state index is 0.0696. The number of methoxy groups -OCH3 is 1. The summed E-state index contributed by atoms with van der Waals surface area (Å²) in [7, 11) is 3.13. The lowest BCUT2D eigenvalue weighted by Crippen LogP contribution is -2.35. The van der Waals surface area contributed by atoms with E-state index in [2.05, 4.69) is 10.5 Å². The molecule has 0 spiro atoms. The molecule has 1 heterocycles. The van der Waals surface area contributed by atoms with Gasteiger partial charge in [-0.1, -0.05) is 23.4 Å². The highest BCUT2D eigenvalue weighted by Crippen LogP contribution is 2.18. The van der Waals surface area contributed by atoms with Gasteiger partial charge in [0.1, 0.15) is 11.5 Å². The van der Waals surface area contributed by atoms with Crippen LogP contribution in [-0.4, -0.2) is 42.6 Å². The Kier molecular flexibility index (Phi) is 5.35. The number of ether oxygens (including phenoxy) is 1. The number of aromatic nitrogens is 1. The highest BCUT2D eigenvalue weighted by Gasteiger charge is 2.16. The zero-order valence-electron chi connectivity index (χ0n) is 13.3. The first-order valence-electron chi connectivity index (χ1n) is 7.08. The molecule has 0 saturated heterocycles. The molecule has 7 heteroatoms. The third kappa shape index (κ3) is 4.57. The third-order valence-corrected chi connectivity index (χ3v) is 3.24. The lowest BCUT2D eigenvalue weighted by molar-refractivity contribution is -0.132. The van der Waals surface area contributed by atoms with Crippen LogP contribution in [0.4, 0.5) is 5.82 Å². The summed E-state index contributed by atoms with van der Waals surface area (Å²) in [6.07, 6.45) is 0.164. The first kappa shape index (κ1) is 16.5. The molecule has 122 valence electrons. The van der Waals surface area contributed by atoms with Crippen molar-refractivity contribution in [3.63, 3.8) is 0 Å². The molecule has 2 amide bonds. The quantitative estimate of drug-likeness (QED) is 0.875. The fraction of sp³-hybridized carbons (Fsp3) is 0.312. The molecule has 2 aromatic rings. The maximum absolute atomic E-state index is 12.2. The molecule has 0 fully saturated rings. The largest absolute Gasteiger partial charge is 0.496 e. The molecule has 0 atom stereocenters. The van der Waals surface area contributed by atoms with Crippen LogP contribution >= 0.6 is 0 Å². The van der Waals surface area contributed by atoms with E-state index in [0.29, 0.717) is 17.3 Å². The average Bonchev–Trinajstić information content (AvgIpc) is 2.92. The molecule has 7 nitrogen and oxygen atoms in total. The molecule has 1 N–H and O–H groups in total. The number of hydrogen-bond acceptors (Lipinski definition) is 5. The molecule has 1 aromatic carbocycles. The van der Waals surface area contributed by atoms with Crippen LogP contribution < -0.4 is 10.1 Å². The molecule has 0 bridgehead atoms. The van der Waals surface area contributed by atoms with Crippen molar-refractivity contribution in [1.82, 2.24) is 10.1 Å². The van der Waals surface area contributed by atoms with E-state index in [9.17, 15) is 9.59 Å². The summed E-state index contributed by atoms with van der Waals surface area (Å²) in [5, 5.41) is 6.24. The van der Waals surface area contributed by atoms with Gasteiger partial charge in [-0.05, 0) is 13.0 Å². The van der Waals surface area contributed by atoms with Gasteiger partial charge in [0.05, 0.1) is 20.1 Å². The van der Waals surface area contributed by atoms with Crippen LogP contribution in [-0.2, 0) is 16.0 Å². The van der Waals surface area contributed by atoms with Crippen molar-refractivity contribution in [3.8, 4) is 5.75 Å². The van der Waals surface area contributed by atoms with Gasteiger partial charge < -0.3 is 19.5 Å². The van der Waals surface area contributed by atoms with Crippen LogP contribution in [0.1, 0.15) is 11.3 Å². The van der Waals surface area contributed by atoms with Gasteiger partial charge in [0.2, 0.25) is 11.8 Å². The number of likely N-dealkylation sites (N-methyl/N-ethyl adjacent to an activating group) is 1. The molecule has 0 radical (unpaired) electrons. The topological polar surface area (TPSA) is 84.7 Å². The minimum Gasteiger partial charge on any atom is -0.496 e. The van der Waals surface area contributed by atoms with Crippen LogP contribution in [0, 0.1) is 6.92 Å². The first-order chi connectivity index (χ1) is 11.0. The summed E-state index contributed by atoms with van der Waals surface area (Å²) in [4.78, 5) is 25.5. The van der Waals surface area contributed by atoms with Crippen molar-refractivity contribution in [2.45, 2.75) is 13.3 Å². The Bertz CT molecular complexity index is 696. The molecule has 0 aliphatic carbocycles. The predicted molar refractivity (Wildman–Crippen MR) is 84.2 cm³/mol. The van der Waals surface area contributed by atoms with E-state index in [1.807, 2.05) is 18.2 Å². The van der Waals surface area contributed by atoms with Gasteiger partial charge in [0.25, 0.3) is 0 Å². The highest BCUT2D eigenvalue weighted by molar-refractivity contribution is 5.94. The van der Waals surface area contributed by atoms with E-state index < -0.39 is 0 Å². The normalized spacial score (nSPS) is 10.2. The molecular weight excluding hydrogens is 298 g/mol. The second-order valence-corrected chi connectivity index (χ2v) is 5.11. The van der Waals surface area contributed by atoms with Crippen LogP contribution in [0.25, 0.3) is 0 Å². The van der Waals surface area contributed by atoms with Crippen molar-refractivity contribution in [2.24, 2.45) is 0 Å². The van der Waals surface area contributed by atoms with Crippen molar-refractivity contribution in [3.05, 3.63) is 41.7 Å². The highest BCUT2D eigenvalue weighted by atomic mass is 16.5. The maximum atomic E-state index is 12.2. The van der Waals surface area contributed by atoms with Gasteiger partial charge in [0.15, 0.2) is 5.82 Å². The smallest absolute Gasteiger partial charge is 0.245 e. The fourth-order valence-electron chi connectivity index (χ4n) is 2.06. The number of amides is 2. The van der Waals surface area contributed by atoms with Gasteiger partial charge in [-0.15, -0.1) is 0 Å². The molecular formula is C16H19N3O4. The van der Waals surface area contributed by atoms with Crippen LogP contribution in [0.2, 0.25) is 0 Å². The number of carbonyl (C=O) groups excluding carboxylic acids is 2. The molecule has 0 aliphatic rings. The van der Waals surface area contributed by atoms with Gasteiger partial charge in [0, 0.05) is 18.7 Å². The van der Waals surface area contributed by atoms with Gasteiger partial charge in [-0.2, -0.15) is 0 Å². The van der Waals surface area contributed by atoms with E-state index in [1.165, 1.54) is 4.90 Å². The number of anilines is 1. The lowest BCUT2D eigenvalue weighted by Gasteiger charge is -2.17. The summed E-state index contributed by atoms with van der Waals surface area (Å²) < 4.78 is 10.1. The second kappa shape index (κ2) is 7.44. The average molecular weight is 317 g/mol. The lowest BCUT2D eigenvalue weighted by atomic mass is 10.1. The van der Waals surface area contributed by atoms with Crippen molar-refractivity contribution in [1.29, 1.82) is 0 Å². The molecule has 23 heavy (non-hydrogen) atoms. The number of nitrogens with one attached hydrogen (secondary N) is 1. The number of aryl methyl sites for hydroxylation is 1. The predicted octanol–water partition coefficient (Wildman–Crippen LogP) is 1.63. The summed E-state index contributed by atoms with van der Waals surface area (Å²) in [6, 6.07) is 8.90. The number of nitrogens with zero attached hydrogens (tertiary/aromatic N) is 2. The monoisotopic (exact) mass is 317 g/mol. The maximum Gasteiger partial charge on any atom is 0.245 e. The Labute approximate surface area is 134 Å². The summed E-state index contributed by atoms with van der Waals surface area (Å²) in [5.74, 6) is 1.06. The number of hydrogen-bond donors (Lipinski definition) is 1. The van der Waals surface area contributed by atoms with Crippen LogP contribution in [0.5, 0.6) is 5.75 Å². The Hall–Kier alpha value is -2.83. The number of rotatable bonds is 6. The third-order valence-electron chi connectivity index (χ3n) is 3.24. The van der Waals surface area contributed by atoms with Crippen LogP contribution in [0.3, 0.4) is 0 Å². The zero-order chi connectivity index (χ0) is 16.8. The Morgan fingerprint density at radius 3 is 2.74 bits per heavy atom. The summed E-state index contributed by atoms with van der Waals surface area (Å²) in [6.45, 7) is 1.66. The Morgan fingerprint density at radius 1 is 1.35 bits per heavy atom. The van der Waals surface area contributed by atoms with Crippen molar-refractivity contribution < 1.29 is 18.8 Å². The zero-order valence-corrected chi connectivity index (χ0v) is 13.3. The second-order valence-electron chi connectivity index (χ2n) is 5.11. The molecule has 0 unspecified atom stereocenters. The van der Waals surface area contributed by atoms with Gasteiger partial charge >= 0.3 is 0 Å². The van der Waals surface area contributed by atoms with E-state index >= 15 is 0 Å². The van der Waals surface area contributed by atoms with E-state index in [1.54, 1.807) is 33.2 Å². The summed E-state index contributed by atoms with van der Waals surface area (Å²) >= 11 is 0. The van der Waals surface area contributed by atoms with E-state index in [0.717, 1.165) is 5.56 Å². The van der Waals surface area contributed by atoms with Crippen LogP contribution in [0.15, 0.2) is 34.9 Å². The Morgan fingerprint density at radius 2 is 2.09 bits per heavy atom. The minimum atomic E-state index is -0.339. The molecule has 0 aliphatic heterocycles. The van der Waals surface area contributed by atoms with E-state index in [-0.39, 0.29) is 24.8 Å². The first-order valence-corrected chi connectivity index (χ1v) is 7.08. The molecule has 2 rings (SSSR count). The number of para-hydroxylation sites is 1.